The molecule has 6 heteroatoms. The first-order chi connectivity index (χ1) is 13.1. The van der Waals surface area contributed by atoms with Crippen LogP contribution in [0.3, 0.4) is 0 Å². The molecule has 6 nitrogen and oxygen atoms in total. The second-order valence-electron chi connectivity index (χ2n) is 6.60. The summed E-state index contributed by atoms with van der Waals surface area (Å²) < 4.78 is 5.40. The number of methoxy groups -OCH3 is 1. The van der Waals surface area contributed by atoms with E-state index in [1.807, 2.05) is 53.5 Å². The lowest BCUT2D eigenvalue weighted by atomic mass is 10.00. The molecule has 1 fully saturated rings. The maximum absolute atomic E-state index is 11.8. The molecule has 0 bridgehead atoms. The normalized spacial score (nSPS) is 15.3. The van der Waals surface area contributed by atoms with Gasteiger partial charge in [0.25, 0.3) is 0 Å². The molecule has 0 unspecified atom stereocenters. The molecule has 1 aliphatic rings. The zero-order chi connectivity index (χ0) is 19.2. The number of hydrogen-bond donors (Lipinski definition) is 1. The molecule has 1 heterocycles. The largest absolute Gasteiger partial charge is 0.496 e. The maximum atomic E-state index is 11.8. The van der Waals surface area contributed by atoms with Gasteiger partial charge in [-0.15, -0.1) is 0 Å². The van der Waals surface area contributed by atoms with Crippen LogP contribution < -0.4 is 4.74 Å². The summed E-state index contributed by atoms with van der Waals surface area (Å²) in [6.45, 7) is 1.44. The van der Waals surface area contributed by atoms with E-state index >= 15 is 0 Å². The van der Waals surface area contributed by atoms with E-state index in [1.165, 1.54) is 5.01 Å². The molecule has 0 saturated carbocycles. The Morgan fingerprint density at radius 1 is 1.19 bits per heavy atom. The Bertz CT molecular complexity index is 785. The highest BCUT2D eigenvalue weighted by molar-refractivity contribution is 5.76. The van der Waals surface area contributed by atoms with Crippen molar-refractivity contribution in [1.82, 2.24) is 10.0 Å². The number of para-hydroxylation sites is 1. The van der Waals surface area contributed by atoms with Crippen LogP contribution in [0.15, 0.2) is 48.5 Å². The highest BCUT2D eigenvalue weighted by Crippen LogP contribution is 2.29. The zero-order valence-electron chi connectivity index (χ0n) is 15.4. The number of amides is 1. The molecule has 0 aromatic heterocycles. The highest BCUT2D eigenvalue weighted by atomic mass is 16.5. The standard InChI is InChI=1S/C21H24N2O4/c1-27-20-7-3-2-6-18(20)17-10-8-16(9-11-17)14-19(21(25)26)23(15-24)22-12-4-5-13-22/h2-3,6-11,15,19H,4-5,12-14H2,1H3,(H,25,26)/t19-/m0/s1. The van der Waals surface area contributed by atoms with Gasteiger partial charge in [0.15, 0.2) is 0 Å². The number of hydrazine groups is 1. The molecule has 0 spiro atoms. The quantitative estimate of drug-likeness (QED) is 0.726. The molecule has 2 aromatic rings. The summed E-state index contributed by atoms with van der Waals surface area (Å²) in [5.74, 6) is -0.211. The van der Waals surface area contributed by atoms with Gasteiger partial charge in [-0.3, -0.25) is 9.80 Å². The minimum Gasteiger partial charge on any atom is -0.496 e. The van der Waals surface area contributed by atoms with Crippen molar-refractivity contribution in [2.45, 2.75) is 25.3 Å². The zero-order valence-corrected chi connectivity index (χ0v) is 15.4. The first-order valence-electron chi connectivity index (χ1n) is 9.07. The van der Waals surface area contributed by atoms with Crippen LogP contribution in [0, 0.1) is 0 Å². The molecule has 0 radical (unpaired) electrons. The Balaban J connectivity index is 1.79. The first kappa shape index (κ1) is 18.9. The molecular formula is C21H24N2O4. The van der Waals surface area contributed by atoms with E-state index < -0.39 is 12.0 Å². The fourth-order valence-electron chi connectivity index (χ4n) is 3.49. The molecule has 2 aromatic carbocycles. The predicted molar refractivity (Wildman–Crippen MR) is 102 cm³/mol. The molecule has 1 amide bonds. The third-order valence-corrected chi connectivity index (χ3v) is 4.92. The van der Waals surface area contributed by atoms with Crippen molar-refractivity contribution in [1.29, 1.82) is 0 Å². The van der Waals surface area contributed by atoms with E-state index in [4.69, 9.17) is 4.74 Å². The number of aliphatic carboxylic acids is 1. The van der Waals surface area contributed by atoms with E-state index in [9.17, 15) is 14.7 Å². The van der Waals surface area contributed by atoms with E-state index in [1.54, 1.807) is 7.11 Å². The second kappa shape index (κ2) is 8.68. The number of carbonyl (C=O) groups is 2. The maximum Gasteiger partial charge on any atom is 0.328 e. The van der Waals surface area contributed by atoms with Crippen molar-refractivity contribution in [3.8, 4) is 16.9 Å². The fraction of sp³-hybridized carbons (Fsp3) is 0.333. The van der Waals surface area contributed by atoms with Crippen molar-refractivity contribution in [2.24, 2.45) is 0 Å². The molecular weight excluding hydrogens is 344 g/mol. The number of carbonyl (C=O) groups excluding carboxylic acids is 1. The van der Waals surface area contributed by atoms with Crippen LogP contribution in [0.2, 0.25) is 0 Å². The molecule has 1 aliphatic heterocycles. The Morgan fingerprint density at radius 2 is 1.85 bits per heavy atom. The fourth-order valence-corrected chi connectivity index (χ4v) is 3.49. The van der Waals surface area contributed by atoms with E-state index in [-0.39, 0.29) is 6.42 Å². The number of carboxylic acid groups (broad SMARTS) is 1. The highest BCUT2D eigenvalue weighted by Gasteiger charge is 2.30. The molecule has 3 rings (SSSR count). The lowest BCUT2D eigenvalue weighted by Gasteiger charge is -2.32. The summed E-state index contributed by atoms with van der Waals surface area (Å²) >= 11 is 0. The van der Waals surface area contributed by atoms with Crippen LogP contribution >= 0.6 is 0 Å². The van der Waals surface area contributed by atoms with Gasteiger partial charge in [0.05, 0.1) is 7.11 Å². The lowest BCUT2D eigenvalue weighted by Crippen LogP contribution is -2.51. The van der Waals surface area contributed by atoms with Gasteiger partial charge in [-0.1, -0.05) is 42.5 Å². The van der Waals surface area contributed by atoms with Crippen LogP contribution in [0.4, 0.5) is 0 Å². The number of carboxylic acids is 1. The molecule has 1 saturated heterocycles. The van der Waals surface area contributed by atoms with Crippen LogP contribution in [0.25, 0.3) is 11.1 Å². The lowest BCUT2D eigenvalue weighted by molar-refractivity contribution is -0.158. The van der Waals surface area contributed by atoms with Gasteiger partial charge < -0.3 is 9.84 Å². The van der Waals surface area contributed by atoms with Gasteiger partial charge in [-0.2, -0.15) is 0 Å². The van der Waals surface area contributed by atoms with Crippen LogP contribution in [0.5, 0.6) is 5.75 Å². The van der Waals surface area contributed by atoms with Crippen molar-refractivity contribution in [3.05, 3.63) is 54.1 Å². The summed E-state index contributed by atoms with van der Waals surface area (Å²) in [4.78, 5) is 23.3. The summed E-state index contributed by atoms with van der Waals surface area (Å²) in [5, 5.41) is 12.8. The van der Waals surface area contributed by atoms with E-state index in [0.717, 1.165) is 48.4 Å². The van der Waals surface area contributed by atoms with Crippen LogP contribution in [-0.2, 0) is 16.0 Å². The van der Waals surface area contributed by atoms with Gasteiger partial charge in [-0.25, -0.2) is 9.80 Å². The smallest absolute Gasteiger partial charge is 0.328 e. The van der Waals surface area contributed by atoms with Gasteiger partial charge in [-0.05, 0) is 30.0 Å². The van der Waals surface area contributed by atoms with Gasteiger partial charge in [0, 0.05) is 25.1 Å². The van der Waals surface area contributed by atoms with E-state index in [2.05, 4.69) is 0 Å². The molecule has 0 aliphatic carbocycles. The summed E-state index contributed by atoms with van der Waals surface area (Å²) in [7, 11) is 1.64. The van der Waals surface area contributed by atoms with Crippen molar-refractivity contribution >= 4 is 12.4 Å². The average molecular weight is 368 g/mol. The molecule has 142 valence electrons. The third-order valence-electron chi connectivity index (χ3n) is 4.92. The molecule has 1 atom stereocenters. The summed E-state index contributed by atoms with van der Waals surface area (Å²) in [6.07, 6.45) is 2.85. The van der Waals surface area contributed by atoms with Gasteiger partial charge in [0.2, 0.25) is 6.41 Å². The minimum atomic E-state index is -0.997. The Morgan fingerprint density at radius 3 is 2.44 bits per heavy atom. The molecule has 27 heavy (non-hydrogen) atoms. The minimum absolute atomic E-state index is 0.261. The summed E-state index contributed by atoms with van der Waals surface area (Å²) in [5.41, 5.74) is 2.84. The van der Waals surface area contributed by atoms with Gasteiger partial charge in [0.1, 0.15) is 11.8 Å². The number of ether oxygens (including phenoxy) is 1. The number of rotatable bonds is 8. The summed E-state index contributed by atoms with van der Waals surface area (Å²) in [6, 6.07) is 14.6. The van der Waals surface area contributed by atoms with Crippen LogP contribution in [-0.4, -0.2) is 53.7 Å². The van der Waals surface area contributed by atoms with Crippen molar-refractivity contribution < 1.29 is 19.4 Å². The number of benzene rings is 2. The average Bonchev–Trinajstić information content (AvgIpc) is 3.22. The topological polar surface area (TPSA) is 70.1 Å². The SMILES string of the molecule is COc1ccccc1-c1ccc(C[C@@H](C(=O)O)N(C=O)N2CCCC2)cc1. The number of hydrogen-bond acceptors (Lipinski definition) is 4. The number of nitrogens with zero attached hydrogens (tertiary/aromatic N) is 2. The monoisotopic (exact) mass is 368 g/mol. The Hall–Kier alpha value is -2.86. The van der Waals surface area contributed by atoms with Crippen LogP contribution in [0.1, 0.15) is 18.4 Å². The van der Waals surface area contributed by atoms with Gasteiger partial charge >= 0.3 is 5.97 Å². The Labute approximate surface area is 158 Å². The Kier molecular flexibility index (Phi) is 6.08. The predicted octanol–water partition coefficient (Wildman–Crippen LogP) is 2.83. The molecule has 1 N–H and O–H groups in total. The van der Waals surface area contributed by atoms with Crippen molar-refractivity contribution in [3.63, 3.8) is 0 Å². The third kappa shape index (κ3) is 4.28. The first-order valence-corrected chi connectivity index (χ1v) is 9.07. The van der Waals surface area contributed by atoms with Crippen molar-refractivity contribution in [2.75, 3.05) is 20.2 Å². The van der Waals surface area contributed by atoms with E-state index in [0.29, 0.717) is 6.41 Å². The second-order valence-corrected chi connectivity index (χ2v) is 6.60.